The van der Waals surface area contributed by atoms with Crippen molar-refractivity contribution in [3.05, 3.63) is 0 Å². The summed E-state index contributed by atoms with van der Waals surface area (Å²) in [5, 5.41) is 21.3. The topological polar surface area (TPSA) is 260 Å². The number of esters is 8. The summed E-state index contributed by atoms with van der Waals surface area (Å²) in [5.74, 6) is 6.57. The van der Waals surface area contributed by atoms with Crippen molar-refractivity contribution in [3.63, 3.8) is 0 Å². The third-order valence-corrected chi connectivity index (χ3v) is 32.4. The Bertz CT molecular complexity index is 3240. The molecule has 123 heavy (non-hydrogen) atoms. The minimum atomic E-state index is -0.687. The Kier molecular flexibility index (Phi) is 43.2. The zero-order chi connectivity index (χ0) is 81.6. The SMILES string of the molecule is C.C.C.C.C.C.C.C.C.C.C.C.CCC(C)(C)C(=O)OC(C)(C)C12CC3CC(CC(C3)C1)C2.CCC(C)(C)C(=O)OC1(CC)C2CC3CC(C2)CC1C3.CCC(C)(C)C(=O)OC12CC3CC(CC(O)(C3)C1)C2.CCC(C)(C)C(=O)OC12CC3CC(CC(O)(C3)C1)C2.CCC(C)(C)C(=O)OC1C2CC3C(=O)OC1C3O2.CCC(C)(C)C(=O)OC1CCOC1=O. The van der Waals surface area contributed by atoms with E-state index >= 15 is 0 Å². The summed E-state index contributed by atoms with van der Waals surface area (Å²) in [6, 6.07) is 0. The Hall–Kier alpha value is -4.36. The van der Waals surface area contributed by atoms with Gasteiger partial charge in [0.25, 0.3) is 0 Å². The van der Waals surface area contributed by atoms with Crippen LogP contribution in [-0.4, -0.2) is 129 Å². The molecule has 4 saturated heterocycles. The minimum absolute atomic E-state index is 0. The lowest BCUT2D eigenvalue weighted by Gasteiger charge is -2.61. The molecule has 726 valence electrons. The van der Waals surface area contributed by atoms with Gasteiger partial charge >= 0.3 is 47.8 Å². The van der Waals surface area contributed by atoms with Crippen molar-refractivity contribution in [3.8, 4) is 0 Å². The monoisotopic (exact) mass is 1750 g/mol. The maximum absolute atomic E-state index is 12.6. The minimum Gasteiger partial charge on any atom is -0.463 e. The largest absolute Gasteiger partial charge is 0.463 e. The smallest absolute Gasteiger partial charge is 0.347 e. The second-order valence-corrected chi connectivity index (χ2v) is 43.6. The molecule has 10 unspecified atom stereocenters. The van der Waals surface area contributed by atoms with Gasteiger partial charge in [0.15, 0.2) is 12.2 Å². The second-order valence-electron chi connectivity index (χ2n) is 43.6. The van der Waals surface area contributed by atoms with Crippen molar-refractivity contribution in [2.45, 2.75) is 504 Å². The van der Waals surface area contributed by atoms with Gasteiger partial charge in [-0.15, -0.1) is 0 Å². The molecule has 2 N–H and O–H groups in total. The van der Waals surface area contributed by atoms with Crippen molar-refractivity contribution >= 4 is 47.8 Å². The average Bonchev–Trinajstić information content (AvgIpc) is 1.25. The molecule has 16 saturated carbocycles. The van der Waals surface area contributed by atoms with Gasteiger partial charge in [-0.2, -0.15) is 0 Å². The van der Waals surface area contributed by atoms with E-state index in [-0.39, 0.29) is 188 Å². The number of cyclic esters (lactones) is 1. The molecule has 16 aliphatic carbocycles. The molecular formula is C104H196O19. The molecule has 19 heteroatoms. The van der Waals surface area contributed by atoms with Crippen LogP contribution in [0.15, 0.2) is 0 Å². The summed E-state index contributed by atoms with van der Waals surface area (Å²) in [6.45, 7) is 42.2. The number of aliphatic hydroxyl groups is 2. The predicted molar refractivity (Wildman–Crippen MR) is 501 cm³/mol. The van der Waals surface area contributed by atoms with E-state index in [4.69, 9.17) is 42.6 Å². The molecule has 0 aromatic rings. The molecule has 0 aromatic carbocycles. The van der Waals surface area contributed by atoms with Crippen molar-refractivity contribution < 1.29 is 91.2 Å². The van der Waals surface area contributed by atoms with Gasteiger partial charge in [0, 0.05) is 24.7 Å². The Balaban J connectivity index is 0. The number of ether oxygens (including phenoxy) is 9. The number of carbonyl (C=O) groups excluding carboxylic acids is 8. The van der Waals surface area contributed by atoms with Crippen LogP contribution in [-0.2, 0) is 81.0 Å². The van der Waals surface area contributed by atoms with E-state index in [0.717, 1.165) is 113 Å². The number of hydrogen-bond donors (Lipinski definition) is 2. The highest BCUT2D eigenvalue weighted by atomic mass is 16.7. The maximum atomic E-state index is 12.6. The van der Waals surface area contributed by atoms with Crippen LogP contribution >= 0.6 is 0 Å². The van der Waals surface area contributed by atoms with Gasteiger partial charge < -0.3 is 52.8 Å². The molecule has 20 fully saturated rings. The van der Waals surface area contributed by atoms with Crippen molar-refractivity contribution in [1.82, 2.24) is 0 Å². The average molecular weight is 1750 g/mol. The fourth-order valence-corrected chi connectivity index (χ4v) is 24.0. The molecule has 4 aliphatic heterocycles. The first-order chi connectivity index (χ1) is 51.5. The van der Waals surface area contributed by atoms with E-state index in [9.17, 15) is 48.6 Å². The molecule has 20 aliphatic rings. The zero-order valence-electron chi connectivity index (χ0n) is 72.5. The fourth-order valence-electron chi connectivity index (χ4n) is 24.0. The van der Waals surface area contributed by atoms with E-state index in [1.54, 1.807) is 13.8 Å². The number of rotatable bonds is 20. The lowest BCUT2D eigenvalue weighted by molar-refractivity contribution is -0.226. The van der Waals surface area contributed by atoms with Crippen molar-refractivity contribution in [1.29, 1.82) is 0 Å². The van der Waals surface area contributed by atoms with Crippen LogP contribution in [0.5, 0.6) is 0 Å². The summed E-state index contributed by atoms with van der Waals surface area (Å²) in [4.78, 5) is 96.2. The highest BCUT2D eigenvalue weighted by molar-refractivity contribution is 5.83. The van der Waals surface area contributed by atoms with Crippen LogP contribution < -0.4 is 0 Å². The zero-order valence-corrected chi connectivity index (χ0v) is 72.5. The molecule has 19 nitrogen and oxygen atoms in total. The summed E-state index contributed by atoms with van der Waals surface area (Å²) >= 11 is 0. The Morgan fingerprint density at radius 3 is 1.03 bits per heavy atom. The van der Waals surface area contributed by atoms with Gasteiger partial charge in [0.05, 0.1) is 62.3 Å². The molecule has 10 atom stereocenters. The number of hydrogen-bond acceptors (Lipinski definition) is 19. The third kappa shape index (κ3) is 25.0. The lowest BCUT2D eigenvalue weighted by atomic mass is 9.46. The normalized spacial score (nSPS) is 35.8. The van der Waals surface area contributed by atoms with Crippen LogP contribution in [0.4, 0.5) is 0 Å². The van der Waals surface area contributed by atoms with Gasteiger partial charge in [-0.05, 0) is 348 Å². The van der Waals surface area contributed by atoms with Crippen LogP contribution in [0, 0.1) is 109 Å². The molecule has 18 bridgehead atoms. The molecule has 0 radical (unpaired) electrons. The third-order valence-electron chi connectivity index (χ3n) is 32.4. The van der Waals surface area contributed by atoms with Crippen LogP contribution in [0.1, 0.15) is 440 Å². The van der Waals surface area contributed by atoms with Gasteiger partial charge in [-0.3, -0.25) is 33.6 Å². The molecule has 0 spiro atoms. The van der Waals surface area contributed by atoms with E-state index in [2.05, 4.69) is 34.6 Å². The highest BCUT2D eigenvalue weighted by Gasteiger charge is 2.67. The second kappa shape index (κ2) is 44.0. The summed E-state index contributed by atoms with van der Waals surface area (Å²) in [7, 11) is 0. The van der Waals surface area contributed by atoms with Crippen molar-refractivity contribution in [2.75, 3.05) is 6.61 Å². The standard InChI is InChI=1S/C19H32O2.C18H30O2.2C16H26O3.C13H18O5.C10H16O4.12CH4/c1-6-17(2,3)16(20)21-18(4,5)19-10-13-7-14(11-19)9-15(8-13)12-19;1-5-17(3,4)16(19)20-18(6-2)14-8-12-7-13(10-14)11-15(18)9-12;2*1-4-14(2,3)13(17)19-16-8-11-5-12(9-16)7-15(18,6-11)10-16;1-4-13(2,3)12(15)18-9-7-5-6-8(16-7)10(9)17-11(6)14;1-4-10(2,3)9(12)14-7-5-6-13-8(7)11;;;;;;;;;;;;/h13-15H,6-12H2,1-5H3;12-15H,5-11H2,1-4H3;2*11-12,18H,4-10H2,1-3H3;6-10H,4-5H2,1-3H3;7H,4-6H2,1-3H3;12*1H4. The quantitative estimate of drug-likeness (QED) is 0.0848. The fraction of sp³-hybridized carbons (Fsp3) is 0.923. The lowest BCUT2D eigenvalue weighted by Crippen LogP contribution is -2.61. The van der Waals surface area contributed by atoms with E-state index in [0.29, 0.717) is 80.6 Å². The first-order valence-electron chi connectivity index (χ1n) is 44.3. The van der Waals surface area contributed by atoms with E-state index < -0.39 is 57.1 Å². The number of carbonyl (C=O) groups is 8. The summed E-state index contributed by atoms with van der Waals surface area (Å²) in [5.41, 5.74) is -4.57. The van der Waals surface area contributed by atoms with E-state index in [1.165, 1.54) is 83.5 Å². The van der Waals surface area contributed by atoms with Crippen LogP contribution in [0.2, 0.25) is 0 Å². The molecule has 0 amide bonds. The summed E-state index contributed by atoms with van der Waals surface area (Å²) < 4.78 is 50.6. The Morgan fingerprint density at radius 1 is 0.374 bits per heavy atom. The van der Waals surface area contributed by atoms with E-state index in [1.807, 2.05) is 96.9 Å². The first kappa shape index (κ1) is 121. The molecule has 0 aromatic heterocycles. The molecule has 4 heterocycles. The highest BCUT2D eigenvalue weighted by Crippen LogP contribution is 2.66. The summed E-state index contributed by atoms with van der Waals surface area (Å²) in [6.07, 6.45) is 31.0. The Labute approximate surface area is 754 Å². The van der Waals surface area contributed by atoms with Crippen molar-refractivity contribution in [2.24, 2.45) is 109 Å². The predicted octanol–water partition coefficient (Wildman–Crippen LogP) is 25.6. The molecular weight excluding hydrogens is 1550 g/mol. The maximum Gasteiger partial charge on any atom is 0.347 e. The van der Waals surface area contributed by atoms with Gasteiger partial charge in [0.2, 0.25) is 6.10 Å². The van der Waals surface area contributed by atoms with Gasteiger partial charge in [-0.25, -0.2) is 4.79 Å². The Morgan fingerprint density at radius 2 is 0.699 bits per heavy atom. The number of fused-ring (bicyclic) bond motifs is 1. The van der Waals surface area contributed by atoms with Gasteiger partial charge in [-0.1, -0.05) is 138 Å². The molecule has 20 rings (SSSR count). The first-order valence-corrected chi connectivity index (χ1v) is 44.3. The van der Waals surface area contributed by atoms with Crippen LogP contribution in [0.25, 0.3) is 0 Å². The van der Waals surface area contributed by atoms with Crippen LogP contribution in [0.3, 0.4) is 0 Å². The van der Waals surface area contributed by atoms with Gasteiger partial charge in [0.1, 0.15) is 28.5 Å².